The van der Waals surface area contributed by atoms with Gasteiger partial charge in [-0.05, 0) is 37.1 Å². The Morgan fingerprint density at radius 1 is 1.00 bits per heavy atom. The van der Waals surface area contributed by atoms with Crippen molar-refractivity contribution >= 4 is 28.3 Å². The van der Waals surface area contributed by atoms with Crippen LogP contribution in [-0.2, 0) is 4.79 Å². The van der Waals surface area contributed by atoms with E-state index in [1.165, 1.54) is 11.3 Å². The summed E-state index contributed by atoms with van der Waals surface area (Å²) in [6.07, 6.45) is 3.47. The molecular formula is C29H27N5O3S. The monoisotopic (exact) mass is 525 g/mol. The lowest BCUT2D eigenvalue weighted by atomic mass is 9.66. The SMILES string of the molecule is CN(C)C(=O)c1ccc(-c2ccc3c(n2)Oc2ccccc2C3C2(C(=O)Nc3nncs3)CCCC2)cc1. The largest absolute Gasteiger partial charge is 0.438 e. The Balaban J connectivity index is 1.41. The Kier molecular flexibility index (Phi) is 6.15. The van der Waals surface area contributed by atoms with Gasteiger partial charge in [0.25, 0.3) is 5.91 Å². The zero-order valence-electron chi connectivity index (χ0n) is 21.2. The van der Waals surface area contributed by atoms with Gasteiger partial charge >= 0.3 is 0 Å². The molecule has 192 valence electrons. The Morgan fingerprint density at radius 3 is 2.47 bits per heavy atom. The third-order valence-electron chi connectivity index (χ3n) is 7.55. The number of amides is 2. The molecule has 1 atom stereocenters. The van der Waals surface area contributed by atoms with Gasteiger partial charge in [-0.3, -0.25) is 9.59 Å². The van der Waals surface area contributed by atoms with E-state index < -0.39 is 5.41 Å². The maximum atomic E-state index is 13.9. The molecular weight excluding hydrogens is 498 g/mol. The molecule has 1 N–H and O–H groups in total. The van der Waals surface area contributed by atoms with Crippen LogP contribution in [0, 0.1) is 5.41 Å². The van der Waals surface area contributed by atoms with Crippen LogP contribution in [0.4, 0.5) is 5.13 Å². The number of nitrogens with zero attached hydrogens (tertiary/aromatic N) is 4. The van der Waals surface area contributed by atoms with E-state index in [1.54, 1.807) is 24.5 Å². The molecule has 6 rings (SSSR count). The lowest BCUT2D eigenvalue weighted by Gasteiger charge is -2.39. The number of aromatic nitrogens is 3. The Labute approximate surface area is 224 Å². The van der Waals surface area contributed by atoms with Crippen LogP contribution in [0.15, 0.2) is 66.2 Å². The standard InChI is InChI=1S/C29H27N5O3S/c1-34(2)26(35)19-11-9-18(10-12-19)22-14-13-21-24(20-7-3-4-8-23(20)37-25(21)31-22)29(15-5-6-16-29)27(36)32-28-33-30-17-38-28/h3-4,7-14,17,24H,5-6,15-16H2,1-2H3,(H,32,33,36). The Hall–Kier alpha value is -4.11. The second-order valence-corrected chi connectivity index (χ2v) is 10.8. The number of carbonyl (C=O) groups excluding carboxylic acids is 2. The molecule has 1 saturated carbocycles. The van der Waals surface area contributed by atoms with Crippen molar-refractivity contribution in [3.05, 3.63) is 82.9 Å². The number of benzene rings is 2. The first-order valence-electron chi connectivity index (χ1n) is 12.6. The number of pyridine rings is 1. The number of fused-ring (bicyclic) bond motifs is 2. The average molecular weight is 526 g/mol. The smallest absolute Gasteiger partial charge is 0.253 e. The molecule has 2 aromatic heterocycles. The van der Waals surface area contributed by atoms with Gasteiger partial charge in [-0.25, -0.2) is 4.98 Å². The average Bonchev–Trinajstić information content (AvgIpc) is 3.64. The molecule has 1 aliphatic heterocycles. The van der Waals surface area contributed by atoms with E-state index in [0.29, 0.717) is 16.6 Å². The summed E-state index contributed by atoms with van der Waals surface area (Å²) >= 11 is 1.32. The van der Waals surface area contributed by atoms with Crippen LogP contribution < -0.4 is 10.1 Å². The van der Waals surface area contributed by atoms with Crippen LogP contribution in [0.25, 0.3) is 11.3 Å². The third kappa shape index (κ3) is 4.12. The number of rotatable bonds is 5. The maximum absolute atomic E-state index is 13.9. The van der Waals surface area contributed by atoms with Crippen LogP contribution in [0.2, 0.25) is 0 Å². The van der Waals surface area contributed by atoms with Crippen molar-refractivity contribution in [2.45, 2.75) is 31.6 Å². The summed E-state index contributed by atoms with van der Waals surface area (Å²) in [6, 6.07) is 19.3. The third-order valence-corrected chi connectivity index (χ3v) is 8.16. The van der Waals surface area contributed by atoms with Gasteiger partial charge in [-0.2, -0.15) is 0 Å². The Morgan fingerprint density at radius 2 is 1.76 bits per heavy atom. The molecule has 2 amide bonds. The number of hydrogen-bond acceptors (Lipinski definition) is 7. The molecule has 2 aromatic carbocycles. The molecule has 0 spiro atoms. The van der Waals surface area contributed by atoms with E-state index in [9.17, 15) is 9.59 Å². The first-order valence-corrected chi connectivity index (χ1v) is 13.5. The van der Waals surface area contributed by atoms with Gasteiger partial charge in [0.1, 0.15) is 11.3 Å². The fourth-order valence-corrected chi connectivity index (χ4v) is 6.18. The highest BCUT2D eigenvalue weighted by atomic mass is 32.1. The fraction of sp³-hybridized carbons (Fsp3) is 0.276. The lowest BCUT2D eigenvalue weighted by molar-refractivity contribution is -0.126. The number of anilines is 1. The first-order chi connectivity index (χ1) is 18.5. The van der Waals surface area contributed by atoms with Crippen molar-refractivity contribution in [3.8, 4) is 22.9 Å². The summed E-state index contributed by atoms with van der Waals surface area (Å²) in [5.41, 5.74) is 5.10. The predicted octanol–water partition coefficient (Wildman–Crippen LogP) is 5.74. The van der Waals surface area contributed by atoms with Crippen molar-refractivity contribution in [1.82, 2.24) is 20.1 Å². The summed E-state index contributed by atoms with van der Waals surface area (Å²) in [4.78, 5) is 32.7. The van der Waals surface area contributed by atoms with Crippen molar-refractivity contribution in [1.29, 1.82) is 0 Å². The second-order valence-electron chi connectivity index (χ2n) is 10.0. The van der Waals surface area contributed by atoms with E-state index in [4.69, 9.17) is 9.72 Å². The summed E-state index contributed by atoms with van der Waals surface area (Å²) in [6.45, 7) is 0. The highest BCUT2D eigenvalue weighted by Crippen LogP contribution is 2.58. The quantitative estimate of drug-likeness (QED) is 0.357. The highest BCUT2D eigenvalue weighted by Gasteiger charge is 2.52. The molecule has 9 heteroatoms. The maximum Gasteiger partial charge on any atom is 0.253 e. The van der Waals surface area contributed by atoms with Gasteiger partial charge in [0, 0.05) is 42.3 Å². The molecule has 2 aliphatic rings. The van der Waals surface area contributed by atoms with Crippen LogP contribution in [0.5, 0.6) is 11.6 Å². The van der Waals surface area contributed by atoms with Crippen molar-refractivity contribution in [2.24, 2.45) is 5.41 Å². The van der Waals surface area contributed by atoms with Gasteiger partial charge in [-0.1, -0.05) is 60.6 Å². The number of para-hydroxylation sites is 1. The van der Waals surface area contributed by atoms with Crippen LogP contribution >= 0.6 is 11.3 Å². The zero-order chi connectivity index (χ0) is 26.3. The van der Waals surface area contributed by atoms with E-state index in [1.807, 2.05) is 54.6 Å². The molecule has 0 radical (unpaired) electrons. The molecule has 0 bridgehead atoms. The van der Waals surface area contributed by atoms with Crippen molar-refractivity contribution in [3.63, 3.8) is 0 Å². The van der Waals surface area contributed by atoms with E-state index in [-0.39, 0.29) is 17.7 Å². The first kappa shape index (κ1) is 24.2. The molecule has 38 heavy (non-hydrogen) atoms. The molecule has 1 fully saturated rings. The topological polar surface area (TPSA) is 97.3 Å². The van der Waals surface area contributed by atoms with Gasteiger partial charge in [0.05, 0.1) is 11.1 Å². The minimum absolute atomic E-state index is 0.0374. The van der Waals surface area contributed by atoms with Gasteiger partial charge in [-0.15, -0.1) is 10.2 Å². The van der Waals surface area contributed by atoms with E-state index in [0.717, 1.165) is 53.8 Å². The summed E-state index contributed by atoms with van der Waals surface area (Å²) in [5.74, 6) is 0.932. The van der Waals surface area contributed by atoms with Crippen molar-refractivity contribution in [2.75, 3.05) is 19.4 Å². The van der Waals surface area contributed by atoms with E-state index >= 15 is 0 Å². The van der Waals surface area contributed by atoms with Crippen LogP contribution in [0.1, 0.15) is 53.1 Å². The number of hydrogen-bond donors (Lipinski definition) is 1. The number of nitrogens with one attached hydrogen (secondary N) is 1. The molecule has 3 heterocycles. The summed E-state index contributed by atoms with van der Waals surface area (Å²) in [5, 5.41) is 11.5. The van der Waals surface area contributed by atoms with Crippen LogP contribution in [0.3, 0.4) is 0 Å². The zero-order valence-corrected chi connectivity index (χ0v) is 22.0. The van der Waals surface area contributed by atoms with Gasteiger partial charge in [0.15, 0.2) is 0 Å². The minimum Gasteiger partial charge on any atom is -0.438 e. The van der Waals surface area contributed by atoms with Crippen LogP contribution in [-0.4, -0.2) is 46.0 Å². The van der Waals surface area contributed by atoms with Gasteiger partial charge < -0.3 is 15.0 Å². The second kappa shape index (κ2) is 9.64. The molecule has 1 aliphatic carbocycles. The van der Waals surface area contributed by atoms with Gasteiger partial charge in [0.2, 0.25) is 16.9 Å². The Bertz CT molecular complexity index is 1500. The highest BCUT2D eigenvalue weighted by molar-refractivity contribution is 7.13. The lowest BCUT2D eigenvalue weighted by Crippen LogP contribution is -2.40. The number of ether oxygens (including phenoxy) is 1. The molecule has 0 saturated heterocycles. The molecule has 1 unspecified atom stereocenters. The van der Waals surface area contributed by atoms with Crippen molar-refractivity contribution < 1.29 is 14.3 Å². The summed E-state index contributed by atoms with van der Waals surface area (Å²) < 4.78 is 6.33. The van der Waals surface area contributed by atoms with E-state index in [2.05, 4.69) is 21.6 Å². The minimum atomic E-state index is -0.655. The predicted molar refractivity (Wildman–Crippen MR) is 145 cm³/mol. The fourth-order valence-electron chi connectivity index (χ4n) is 5.74. The molecule has 4 aromatic rings. The normalized spacial score (nSPS) is 17.2. The molecule has 8 nitrogen and oxygen atoms in total. The summed E-state index contributed by atoms with van der Waals surface area (Å²) in [7, 11) is 3.47. The number of carbonyl (C=O) groups is 2.